The summed E-state index contributed by atoms with van der Waals surface area (Å²) in [7, 11) is 0. The van der Waals surface area contributed by atoms with E-state index in [0.29, 0.717) is 13.2 Å². The fraction of sp³-hybridized carbons (Fsp3) is 0.462. The van der Waals surface area contributed by atoms with Crippen LogP contribution in [0.2, 0.25) is 0 Å². The molecule has 3 rings (SSSR count). The lowest BCUT2D eigenvalue weighted by atomic mass is 9.90. The highest BCUT2D eigenvalue weighted by Crippen LogP contribution is 2.41. The Morgan fingerprint density at radius 2 is 2.11 bits per heavy atom. The van der Waals surface area contributed by atoms with Gasteiger partial charge in [-0.3, -0.25) is 4.79 Å². The lowest BCUT2D eigenvalue weighted by Gasteiger charge is -2.38. The van der Waals surface area contributed by atoms with Crippen molar-refractivity contribution in [3.05, 3.63) is 22.7 Å². The summed E-state index contributed by atoms with van der Waals surface area (Å²) in [5.74, 6) is 0.729. The van der Waals surface area contributed by atoms with E-state index in [1.54, 1.807) is 0 Å². The lowest BCUT2D eigenvalue weighted by Crippen LogP contribution is -2.52. The number of carbonyl (C=O) groups is 1. The molecule has 1 N–H and O–H groups in total. The third-order valence-corrected chi connectivity index (χ3v) is 5.74. The maximum absolute atomic E-state index is 12.3. The summed E-state index contributed by atoms with van der Waals surface area (Å²) >= 11 is 5.62. The predicted octanol–water partition coefficient (Wildman–Crippen LogP) is 3.13. The summed E-state index contributed by atoms with van der Waals surface area (Å²) < 4.78 is 12.4. The van der Waals surface area contributed by atoms with E-state index in [0.717, 1.165) is 28.8 Å². The van der Waals surface area contributed by atoms with Gasteiger partial charge >= 0.3 is 0 Å². The Hall–Kier alpha value is -0.340. The molecule has 1 amide bonds. The molecular formula is C13H13BrINO3. The van der Waals surface area contributed by atoms with E-state index < -0.39 is 5.60 Å². The topological polar surface area (TPSA) is 47.6 Å². The molecule has 0 saturated carbocycles. The molecule has 1 saturated heterocycles. The molecule has 2 aliphatic rings. The van der Waals surface area contributed by atoms with Crippen LogP contribution in [0.15, 0.2) is 22.7 Å². The largest absolute Gasteiger partial charge is 0.483 e. The van der Waals surface area contributed by atoms with E-state index in [4.69, 9.17) is 9.47 Å². The standard InChI is InChI=1S/C13H13BrINO3/c14-8-1-2-9-10(7-8)19-13(3-5-18-6-4-13)11(15)12(17)16-9/h1-2,7,11H,3-6H2,(H,16,17). The average molecular weight is 438 g/mol. The first-order valence-electron chi connectivity index (χ1n) is 6.12. The molecule has 1 atom stereocenters. The zero-order valence-corrected chi connectivity index (χ0v) is 13.9. The zero-order valence-electron chi connectivity index (χ0n) is 10.1. The van der Waals surface area contributed by atoms with E-state index in [-0.39, 0.29) is 9.83 Å². The number of benzene rings is 1. The van der Waals surface area contributed by atoms with Gasteiger partial charge in [-0.2, -0.15) is 0 Å². The highest BCUT2D eigenvalue weighted by molar-refractivity contribution is 14.1. The Balaban J connectivity index is 2.04. The Bertz CT molecular complexity index is 517. The van der Waals surface area contributed by atoms with E-state index in [9.17, 15) is 4.79 Å². The van der Waals surface area contributed by atoms with Gasteiger partial charge in [-0.1, -0.05) is 38.5 Å². The second-order valence-electron chi connectivity index (χ2n) is 4.77. The molecule has 1 aromatic carbocycles. The van der Waals surface area contributed by atoms with Crippen molar-refractivity contribution in [1.82, 2.24) is 0 Å². The Kier molecular flexibility index (Phi) is 3.74. The van der Waals surface area contributed by atoms with E-state index in [1.165, 1.54) is 0 Å². The van der Waals surface area contributed by atoms with Crippen LogP contribution in [0.3, 0.4) is 0 Å². The van der Waals surface area contributed by atoms with Crippen molar-refractivity contribution in [2.24, 2.45) is 0 Å². The van der Waals surface area contributed by atoms with E-state index in [1.807, 2.05) is 18.2 Å². The van der Waals surface area contributed by atoms with Crippen molar-refractivity contribution in [2.75, 3.05) is 18.5 Å². The number of hydrogen-bond donors (Lipinski definition) is 1. The third-order valence-electron chi connectivity index (χ3n) is 3.55. The first-order valence-corrected chi connectivity index (χ1v) is 8.16. The summed E-state index contributed by atoms with van der Waals surface area (Å²) in [5, 5.41) is 2.94. The van der Waals surface area contributed by atoms with Crippen LogP contribution in [0.1, 0.15) is 12.8 Å². The molecule has 102 valence electrons. The second-order valence-corrected chi connectivity index (χ2v) is 6.93. The maximum Gasteiger partial charge on any atom is 0.241 e. The van der Waals surface area contributed by atoms with Crippen LogP contribution in [0.25, 0.3) is 0 Å². The summed E-state index contributed by atoms with van der Waals surface area (Å²) in [6.07, 6.45) is 1.47. The normalized spacial score (nSPS) is 25.2. The molecule has 19 heavy (non-hydrogen) atoms. The number of nitrogens with one attached hydrogen (secondary N) is 1. The van der Waals surface area contributed by atoms with Crippen LogP contribution in [-0.4, -0.2) is 28.6 Å². The minimum absolute atomic E-state index is 0.00331. The van der Waals surface area contributed by atoms with Crippen LogP contribution in [0, 0.1) is 0 Å². The van der Waals surface area contributed by atoms with Crippen molar-refractivity contribution >= 4 is 50.1 Å². The molecule has 1 fully saturated rings. The fourth-order valence-electron chi connectivity index (χ4n) is 2.46. The minimum atomic E-state index is -0.463. The van der Waals surface area contributed by atoms with Crippen molar-refractivity contribution in [2.45, 2.75) is 22.4 Å². The third kappa shape index (κ3) is 2.50. The number of anilines is 1. The number of hydrogen-bond acceptors (Lipinski definition) is 3. The average Bonchev–Trinajstić information content (AvgIpc) is 2.50. The first-order chi connectivity index (χ1) is 9.11. The summed E-state index contributed by atoms with van der Waals surface area (Å²) in [4.78, 5) is 12.3. The molecular weight excluding hydrogens is 425 g/mol. The van der Waals surface area contributed by atoms with Gasteiger partial charge in [0, 0.05) is 17.3 Å². The second kappa shape index (κ2) is 5.21. The zero-order chi connectivity index (χ0) is 13.5. The Morgan fingerprint density at radius 1 is 1.37 bits per heavy atom. The first kappa shape index (κ1) is 13.6. The number of amides is 1. The Morgan fingerprint density at radius 3 is 2.84 bits per heavy atom. The number of carbonyl (C=O) groups excluding carboxylic acids is 1. The SMILES string of the molecule is O=C1Nc2ccc(Br)cc2OC2(CCOCC2)C1I. The van der Waals surface area contributed by atoms with E-state index in [2.05, 4.69) is 43.8 Å². The molecule has 6 heteroatoms. The van der Waals surface area contributed by atoms with Gasteiger partial charge in [0.05, 0.1) is 18.9 Å². The summed E-state index contributed by atoms with van der Waals surface area (Å²) in [6, 6.07) is 5.66. The number of halogens is 2. The van der Waals surface area contributed by atoms with E-state index >= 15 is 0 Å². The van der Waals surface area contributed by atoms with Gasteiger partial charge in [0.25, 0.3) is 0 Å². The Labute approximate surface area is 133 Å². The van der Waals surface area contributed by atoms with Gasteiger partial charge in [0.1, 0.15) is 15.3 Å². The van der Waals surface area contributed by atoms with Crippen LogP contribution >= 0.6 is 38.5 Å². The summed E-state index contributed by atoms with van der Waals surface area (Å²) in [6.45, 7) is 1.27. The van der Waals surface area contributed by atoms with Crippen molar-refractivity contribution < 1.29 is 14.3 Å². The lowest BCUT2D eigenvalue weighted by molar-refractivity contribution is -0.120. The van der Waals surface area contributed by atoms with Crippen LogP contribution in [-0.2, 0) is 9.53 Å². The highest BCUT2D eigenvalue weighted by Gasteiger charge is 2.47. The molecule has 1 aromatic rings. The number of alkyl halides is 1. The van der Waals surface area contributed by atoms with Gasteiger partial charge in [-0.15, -0.1) is 0 Å². The fourth-order valence-corrected chi connectivity index (χ4v) is 3.71. The molecule has 4 nitrogen and oxygen atoms in total. The van der Waals surface area contributed by atoms with Crippen LogP contribution < -0.4 is 10.1 Å². The molecule has 1 unspecified atom stereocenters. The molecule has 0 aromatic heterocycles. The van der Waals surface area contributed by atoms with Crippen molar-refractivity contribution in [1.29, 1.82) is 0 Å². The van der Waals surface area contributed by atoms with Gasteiger partial charge in [-0.05, 0) is 18.2 Å². The number of ether oxygens (including phenoxy) is 2. The molecule has 0 radical (unpaired) electrons. The number of fused-ring (bicyclic) bond motifs is 1. The maximum atomic E-state index is 12.3. The van der Waals surface area contributed by atoms with Crippen molar-refractivity contribution in [3.8, 4) is 5.75 Å². The molecule has 0 aliphatic carbocycles. The van der Waals surface area contributed by atoms with Gasteiger partial charge in [0.15, 0.2) is 0 Å². The monoisotopic (exact) mass is 437 g/mol. The molecule has 1 spiro atoms. The van der Waals surface area contributed by atoms with Gasteiger partial charge in [-0.25, -0.2) is 0 Å². The minimum Gasteiger partial charge on any atom is -0.483 e. The van der Waals surface area contributed by atoms with Crippen LogP contribution in [0.5, 0.6) is 5.75 Å². The molecule has 0 bridgehead atoms. The van der Waals surface area contributed by atoms with Gasteiger partial charge < -0.3 is 14.8 Å². The highest BCUT2D eigenvalue weighted by atomic mass is 127. The van der Waals surface area contributed by atoms with Crippen LogP contribution in [0.4, 0.5) is 5.69 Å². The smallest absolute Gasteiger partial charge is 0.241 e. The van der Waals surface area contributed by atoms with Gasteiger partial charge in [0.2, 0.25) is 5.91 Å². The molecule has 2 heterocycles. The summed E-state index contributed by atoms with van der Waals surface area (Å²) in [5.41, 5.74) is 0.271. The number of rotatable bonds is 0. The van der Waals surface area contributed by atoms with Crippen molar-refractivity contribution in [3.63, 3.8) is 0 Å². The predicted molar refractivity (Wildman–Crippen MR) is 84.0 cm³/mol. The molecule has 2 aliphatic heterocycles. The quantitative estimate of drug-likeness (QED) is 0.501.